The molecular weight excluding hydrogens is 240 g/mol. The van der Waals surface area contributed by atoms with Gasteiger partial charge in [0.1, 0.15) is 0 Å². The fourth-order valence-electron chi connectivity index (χ4n) is 3.48. The molecule has 2 aromatic carbocycles. The summed E-state index contributed by atoms with van der Waals surface area (Å²) in [6.07, 6.45) is 5.89. The number of aryl methyl sites for hydroxylation is 1. The van der Waals surface area contributed by atoms with Gasteiger partial charge in [0.2, 0.25) is 0 Å². The first kappa shape index (κ1) is 11.7. The summed E-state index contributed by atoms with van der Waals surface area (Å²) in [6.45, 7) is 2.15. The van der Waals surface area contributed by atoms with Crippen LogP contribution in [0.25, 0.3) is 11.1 Å². The molecule has 2 aromatic rings. The Hall–Kier alpha value is -2.08. The maximum Gasteiger partial charge on any atom is -0.00107 e. The lowest BCUT2D eigenvalue weighted by atomic mass is 9.87. The van der Waals surface area contributed by atoms with E-state index in [9.17, 15) is 0 Å². The summed E-state index contributed by atoms with van der Waals surface area (Å²) in [6, 6.07) is 17.8. The quantitative estimate of drug-likeness (QED) is 0.661. The first-order valence-electron chi connectivity index (χ1n) is 7.41. The van der Waals surface area contributed by atoms with Gasteiger partial charge in [-0.05, 0) is 59.6 Å². The topological polar surface area (TPSA) is 0 Å². The Morgan fingerprint density at radius 1 is 0.850 bits per heavy atom. The molecule has 0 heteroatoms. The van der Waals surface area contributed by atoms with E-state index in [0.29, 0.717) is 0 Å². The fraction of sp³-hybridized carbons (Fsp3) is 0.200. The molecule has 4 rings (SSSR count). The molecule has 0 aliphatic heterocycles. The molecule has 2 aliphatic carbocycles. The molecule has 0 bridgehead atoms. The molecule has 0 heterocycles. The number of benzene rings is 2. The Morgan fingerprint density at radius 2 is 1.65 bits per heavy atom. The normalized spacial score (nSPS) is 16.8. The lowest BCUT2D eigenvalue weighted by Crippen LogP contribution is -1.97. The third-order valence-corrected chi connectivity index (χ3v) is 4.50. The van der Waals surface area contributed by atoms with Crippen molar-refractivity contribution in [3.8, 4) is 0 Å². The van der Waals surface area contributed by atoms with Crippen LogP contribution < -0.4 is 0 Å². The van der Waals surface area contributed by atoms with Gasteiger partial charge in [-0.15, -0.1) is 0 Å². The van der Waals surface area contributed by atoms with Crippen LogP contribution in [0.2, 0.25) is 0 Å². The molecule has 0 saturated heterocycles. The van der Waals surface area contributed by atoms with Crippen molar-refractivity contribution >= 4 is 11.1 Å². The predicted octanol–water partition coefficient (Wildman–Crippen LogP) is 5.18. The Morgan fingerprint density at radius 3 is 2.50 bits per heavy atom. The second-order valence-corrected chi connectivity index (χ2v) is 5.81. The highest BCUT2D eigenvalue weighted by atomic mass is 14.3. The average molecular weight is 258 g/mol. The van der Waals surface area contributed by atoms with E-state index in [1.807, 2.05) is 0 Å². The SMILES string of the molecule is Cc1ccc(C2=CCCC3=C2Cc2ccccc23)cc1. The molecule has 0 radical (unpaired) electrons. The molecule has 0 unspecified atom stereocenters. The van der Waals surface area contributed by atoms with Crippen molar-refractivity contribution in [1.82, 2.24) is 0 Å². The second kappa shape index (κ2) is 4.49. The molecule has 0 spiro atoms. The maximum absolute atomic E-state index is 2.43. The zero-order chi connectivity index (χ0) is 13.5. The van der Waals surface area contributed by atoms with E-state index in [-0.39, 0.29) is 0 Å². The van der Waals surface area contributed by atoms with E-state index < -0.39 is 0 Å². The van der Waals surface area contributed by atoms with Crippen LogP contribution >= 0.6 is 0 Å². The van der Waals surface area contributed by atoms with Gasteiger partial charge in [-0.2, -0.15) is 0 Å². The minimum Gasteiger partial charge on any atom is -0.0760 e. The molecule has 0 N–H and O–H groups in total. The molecule has 2 aliphatic rings. The van der Waals surface area contributed by atoms with Gasteiger partial charge < -0.3 is 0 Å². The molecule has 0 aromatic heterocycles. The second-order valence-electron chi connectivity index (χ2n) is 5.81. The van der Waals surface area contributed by atoms with Crippen molar-refractivity contribution in [3.05, 3.63) is 82.4 Å². The molecule has 0 fully saturated rings. The number of hydrogen-bond donors (Lipinski definition) is 0. The van der Waals surface area contributed by atoms with Gasteiger partial charge in [0.25, 0.3) is 0 Å². The maximum atomic E-state index is 2.43. The highest BCUT2D eigenvalue weighted by Gasteiger charge is 2.25. The minimum atomic E-state index is 1.10. The number of rotatable bonds is 1. The Balaban J connectivity index is 1.81. The zero-order valence-electron chi connectivity index (χ0n) is 11.8. The molecule has 0 saturated carbocycles. The molecule has 0 atom stereocenters. The minimum absolute atomic E-state index is 1.10. The van der Waals surface area contributed by atoms with Gasteiger partial charge in [-0.1, -0.05) is 60.2 Å². The Labute approximate surface area is 120 Å². The predicted molar refractivity (Wildman–Crippen MR) is 85.5 cm³/mol. The summed E-state index contributed by atoms with van der Waals surface area (Å²) in [5.74, 6) is 0. The van der Waals surface area contributed by atoms with E-state index in [0.717, 1.165) is 12.8 Å². The van der Waals surface area contributed by atoms with Crippen molar-refractivity contribution in [1.29, 1.82) is 0 Å². The molecule has 0 amide bonds. The van der Waals surface area contributed by atoms with Crippen molar-refractivity contribution in [2.75, 3.05) is 0 Å². The Bertz CT molecular complexity index is 727. The fourth-order valence-corrected chi connectivity index (χ4v) is 3.48. The monoisotopic (exact) mass is 258 g/mol. The summed E-state index contributed by atoms with van der Waals surface area (Å²) >= 11 is 0. The van der Waals surface area contributed by atoms with Crippen LogP contribution in [-0.2, 0) is 6.42 Å². The van der Waals surface area contributed by atoms with Gasteiger partial charge >= 0.3 is 0 Å². The number of hydrogen-bond acceptors (Lipinski definition) is 0. The first-order chi connectivity index (χ1) is 9.83. The molecule has 20 heavy (non-hydrogen) atoms. The van der Waals surface area contributed by atoms with E-state index in [1.165, 1.54) is 34.2 Å². The summed E-state index contributed by atoms with van der Waals surface area (Å²) in [5.41, 5.74) is 10.3. The average Bonchev–Trinajstić information content (AvgIpc) is 2.87. The van der Waals surface area contributed by atoms with Crippen molar-refractivity contribution in [2.45, 2.75) is 26.2 Å². The molecular formula is C20H18. The third-order valence-electron chi connectivity index (χ3n) is 4.50. The number of allylic oxidation sites excluding steroid dienone is 4. The number of fused-ring (bicyclic) bond motifs is 2. The van der Waals surface area contributed by atoms with Gasteiger partial charge in [0.05, 0.1) is 0 Å². The van der Waals surface area contributed by atoms with Crippen molar-refractivity contribution in [3.63, 3.8) is 0 Å². The largest absolute Gasteiger partial charge is 0.0760 e. The molecule has 0 nitrogen and oxygen atoms in total. The first-order valence-corrected chi connectivity index (χ1v) is 7.41. The van der Waals surface area contributed by atoms with Crippen LogP contribution in [0.4, 0.5) is 0 Å². The van der Waals surface area contributed by atoms with Gasteiger partial charge in [-0.3, -0.25) is 0 Å². The van der Waals surface area contributed by atoms with E-state index in [1.54, 1.807) is 11.1 Å². The summed E-state index contributed by atoms with van der Waals surface area (Å²) in [7, 11) is 0. The highest BCUT2D eigenvalue weighted by Crippen LogP contribution is 2.44. The van der Waals surface area contributed by atoms with Crippen molar-refractivity contribution in [2.24, 2.45) is 0 Å². The van der Waals surface area contributed by atoms with Crippen LogP contribution in [-0.4, -0.2) is 0 Å². The summed E-state index contributed by atoms with van der Waals surface area (Å²) in [4.78, 5) is 0. The van der Waals surface area contributed by atoms with Crippen LogP contribution in [0.15, 0.2) is 60.2 Å². The standard InChI is InChI=1S/C20H18/c1-14-9-11-15(12-10-14)17-7-4-8-19-18-6-3-2-5-16(18)13-20(17)19/h2-3,5-7,9-12H,4,8,13H2,1H3. The van der Waals surface area contributed by atoms with E-state index >= 15 is 0 Å². The smallest absolute Gasteiger partial charge is 0.00107 e. The van der Waals surface area contributed by atoms with Gasteiger partial charge in [0, 0.05) is 0 Å². The zero-order valence-corrected chi connectivity index (χ0v) is 11.8. The van der Waals surface area contributed by atoms with E-state index in [4.69, 9.17) is 0 Å². The third kappa shape index (κ3) is 1.76. The van der Waals surface area contributed by atoms with E-state index in [2.05, 4.69) is 61.5 Å². The highest BCUT2D eigenvalue weighted by molar-refractivity contribution is 5.94. The van der Waals surface area contributed by atoms with Crippen molar-refractivity contribution < 1.29 is 0 Å². The molecule has 98 valence electrons. The lowest BCUT2D eigenvalue weighted by Gasteiger charge is -2.17. The lowest BCUT2D eigenvalue weighted by molar-refractivity contribution is 1.05. The van der Waals surface area contributed by atoms with Crippen LogP contribution in [0.5, 0.6) is 0 Å². The Kier molecular flexibility index (Phi) is 2.63. The van der Waals surface area contributed by atoms with Crippen LogP contribution in [0.1, 0.15) is 35.1 Å². The summed E-state index contributed by atoms with van der Waals surface area (Å²) < 4.78 is 0. The van der Waals surface area contributed by atoms with Gasteiger partial charge in [0.15, 0.2) is 0 Å². The summed E-state index contributed by atoms with van der Waals surface area (Å²) in [5, 5.41) is 0. The van der Waals surface area contributed by atoms with Crippen LogP contribution in [0, 0.1) is 6.92 Å². The van der Waals surface area contributed by atoms with Gasteiger partial charge in [-0.25, -0.2) is 0 Å². The van der Waals surface area contributed by atoms with Crippen LogP contribution in [0.3, 0.4) is 0 Å².